The Labute approximate surface area is 183 Å². The van der Waals surface area contributed by atoms with Crippen LogP contribution in [0.5, 0.6) is 0 Å². The van der Waals surface area contributed by atoms with Crippen molar-refractivity contribution < 1.29 is 9.21 Å². The summed E-state index contributed by atoms with van der Waals surface area (Å²) in [7, 11) is 0. The molecule has 1 amide bonds. The Morgan fingerprint density at radius 2 is 1.71 bits per heavy atom. The highest BCUT2D eigenvalue weighted by molar-refractivity contribution is 6.04. The monoisotopic (exact) mass is 412 g/mol. The van der Waals surface area contributed by atoms with Crippen molar-refractivity contribution in [3.05, 3.63) is 83.4 Å². The number of benzene rings is 3. The van der Waals surface area contributed by atoms with E-state index in [1.807, 2.05) is 54.6 Å². The third-order valence-corrected chi connectivity index (χ3v) is 5.46. The predicted octanol–water partition coefficient (Wildman–Crippen LogP) is 7.17. The molecule has 4 heteroatoms. The molecule has 0 bridgehead atoms. The molecule has 0 saturated heterocycles. The van der Waals surface area contributed by atoms with Crippen LogP contribution in [-0.2, 0) is 5.41 Å². The molecule has 158 valence electrons. The van der Waals surface area contributed by atoms with Gasteiger partial charge in [0.2, 0.25) is 5.89 Å². The van der Waals surface area contributed by atoms with E-state index in [9.17, 15) is 4.79 Å². The molecule has 4 aromatic rings. The third-order valence-electron chi connectivity index (χ3n) is 5.46. The number of carbonyl (C=O) groups excluding carboxylic acids is 1. The predicted molar refractivity (Wildman–Crippen MR) is 127 cm³/mol. The first-order chi connectivity index (χ1) is 14.7. The lowest BCUT2D eigenvalue weighted by Crippen LogP contribution is -2.14. The average Bonchev–Trinajstić information content (AvgIpc) is 3.17. The van der Waals surface area contributed by atoms with E-state index in [0.29, 0.717) is 23.1 Å². The Bertz CT molecular complexity index is 1230. The molecule has 0 radical (unpaired) electrons. The van der Waals surface area contributed by atoms with Crippen LogP contribution in [0.4, 0.5) is 5.69 Å². The van der Waals surface area contributed by atoms with Crippen LogP contribution in [0.1, 0.15) is 62.0 Å². The highest BCUT2D eigenvalue weighted by atomic mass is 16.3. The molecule has 1 aromatic heterocycles. The van der Waals surface area contributed by atoms with E-state index in [0.717, 1.165) is 16.7 Å². The zero-order valence-corrected chi connectivity index (χ0v) is 18.7. The minimum absolute atomic E-state index is 0.0544. The maximum atomic E-state index is 12.7. The van der Waals surface area contributed by atoms with Crippen molar-refractivity contribution in [1.82, 2.24) is 4.98 Å². The molecule has 0 aliphatic heterocycles. The van der Waals surface area contributed by atoms with E-state index in [1.165, 1.54) is 11.1 Å². The summed E-state index contributed by atoms with van der Waals surface area (Å²) in [6, 6.07) is 21.4. The van der Waals surface area contributed by atoms with Crippen LogP contribution in [0, 0.1) is 0 Å². The number of nitrogens with one attached hydrogen (secondary N) is 1. The van der Waals surface area contributed by atoms with Gasteiger partial charge in [0, 0.05) is 16.8 Å². The average molecular weight is 413 g/mol. The molecule has 0 spiro atoms. The van der Waals surface area contributed by atoms with Crippen molar-refractivity contribution in [2.24, 2.45) is 0 Å². The summed E-state index contributed by atoms with van der Waals surface area (Å²) in [5.74, 6) is 0.832. The molecule has 4 rings (SSSR count). The fourth-order valence-corrected chi connectivity index (χ4v) is 3.48. The fraction of sp³-hybridized carbons (Fsp3) is 0.259. The molecule has 1 heterocycles. The molecule has 3 aromatic carbocycles. The highest BCUT2D eigenvalue weighted by Gasteiger charge is 2.15. The molecule has 0 atom stereocenters. The van der Waals surface area contributed by atoms with Crippen molar-refractivity contribution >= 4 is 22.7 Å². The Balaban J connectivity index is 1.56. The van der Waals surface area contributed by atoms with Gasteiger partial charge in [-0.2, -0.15) is 0 Å². The number of fused-ring (bicyclic) bond motifs is 1. The van der Waals surface area contributed by atoms with Gasteiger partial charge in [-0.3, -0.25) is 4.79 Å². The first-order valence-electron chi connectivity index (χ1n) is 10.6. The molecule has 0 unspecified atom stereocenters. The second kappa shape index (κ2) is 8.03. The second-order valence-electron chi connectivity index (χ2n) is 9.26. The Kier molecular flexibility index (Phi) is 5.40. The van der Waals surface area contributed by atoms with Gasteiger partial charge in [0.15, 0.2) is 5.58 Å². The topological polar surface area (TPSA) is 55.1 Å². The maximum Gasteiger partial charge on any atom is 0.255 e. The summed E-state index contributed by atoms with van der Waals surface area (Å²) >= 11 is 0. The van der Waals surface area contributed by atoms with Gasteiger partial charge < -0.3 is 9.73 Å². The highest BCUT2D eigenvalue weighted by Crippen LogP contribution is 2.28. The minimum atomic E-state index is -0.142. The summed E-state index contributed by atoms with van der Waals surface area (Å²) in [5.41, 5.74) is 6.23. The summed E-state index contributed by atoms with van der Waals surface area (Å²) in [4.78, 5) is 17.4. The molecule has 0 fully saturated rings. The van der Waals surface area contributed by atoms with Gasteiger partial charge in [0.05, 0.1) is 0 Å². The van der Waals surface area contributed by atoms with Crippen molar-refractivity contribution in [3.63, 3.8) is 0 Å². The van der Waals surface area contributed by atoms with E-state index in [4.69, 9.17) is 4.42 Å². The SMILES string of the molecule is CC(C)c1ccc2oc(-c3cccc(NC(=O)c4ccc(C(C)(C)C)cc4)c3)nc2c1. The van der Waals surface area contributed by atoms with Crippen LogP contribution in [0.2, 0.25) is 0 Å². The summed E-state index contributed by atoms with van der Waals surface area (Å²) in [5, 5.41) is 2.98. The quantitative estimate of drug-likeness (QED) is 0.386. The van der Waals surface area contributed by atoms with Crippen molar-refractivity contribution in [2.75, 3.05) is 5.32 Å². The first kappa shape index (κ1) is 20.9. The van der Waals surface area contributed by atoms with E-state index in [2.05, 4.69) is 57.1 Å². The normalized spacial score (nSPS) is 11.8. The number of aromatic nitrogens is 1. The van der Waals surface area contributed by atoms with Crippen LogP contribution in [0.3, 0.4) is 0 Å². The number of hydrogen-bond donors (Lipinski definition) is 1. The molecule has 0 aliphatic carbocycles. The van der Waals surface area contributed by atoms with E-state index >= 15 is 0 Å². The first-order valence-corrected chi connectivity index (χ1v) is 10.6. The van der Waals surface area contributed by atoms with Gasteiger partial charge in [-0.1, -0.05) is 58.9 Å². The zero-order valence-electron chi connectivity index (χ0n) is 18.7. The third kappa shape index (κ3) is 4.53. The number of carbonyl (C=O) groups is 1. The van der Waals surface area contributed by atoms with Crippen LogP contribution in [-0.4, -0.2) is 10.9 Å². The number of hydrogen-bond acceptors (Lipinski definition) is 3. The van der Waals surface area contributed by atoms with Gasteiger partial charge in [-0.05, 0) is 64.9 Å². The van der Waals surface area contributed by atoms with Crippen LogP contribution < -0.4 is 5.32 Å². The van der Waals surface area contributed by atoms with E-state index in [-0.39, 0.29) is 11.3 Å². The van der Waals surface area contributed by atoms with Crippen molar-refractivity contribution in [2.45, 2.75) is 46.0 Å². The summed E-state index contributed by atoms with van der Waals surface area (Å²) in [6.07, 6.45) is 0. The molecular formula is C27H28N2O2. The van der Waals surface area contributed by atoms with Gasteiger partial charge in [0.1, 0.15) is 5.52 Å². The lowest BCUT2D eigenvalue weighted by molar-refractivity contribution is 0.102. The summed E-state index contributed by atoms with van der Waals surface area (Å²) in [6.45, 7) is 10.8. The Morgan fingerprint density at radius 1 is 0.968 bits per heavy atom. The fourth-order valence-electron chi connectivity index (χ4n) is 3.48. The minimum Gasteiger partial charge on any atom is -0.436 e. The Hall–Kier alpha value is -3.40. The second-order valence-corrected chi connectivity index (χ2v) is 9.26. The van der Waals surface area contributed by atoms with E-state index < -0.39 is 0 Å². The Morgan fingerprint density at radius 3 is 2.39 bits per heavy atom. The molecule has 31 heavy (non-hydrogen) atoms. The zero-order chi connectivity index (χ0) is 22.2. The molecule has 4 nitrogen and oxygen atoms in total. The lowest BCUT2D eigenvalue weighted by atomic mass is 9.87. The van der Waals surface area contributed by atoms with Gasteiger partial charge in [-0.25, -0.2) is 4.98 Å². The smallest absolute Gasteiger partial charge is 0.255 e. The van der Waals surface area contributed by atoms with Crippen LogP contribution in [0.15, 0.2) is 71.1 Å². The molecule has 1 N–H and O–H groups in total. The summed E-state index contributed by atoms with van der Waals surface area (Å²) < 4.78 is 5.95. The van der Waals surface area contributed by atoms with Crippen molar-refractivity contribution in [3.8, 4) is 11.5 Å². The maximum absolute atomic E-state index is 12.7. The van der Waals surface area contributed by atoms with Crippen molar-refractivity contribution in [1.29, 1.82) is 0 Å². The van der Waals surface area contributed by atoms with Crippen LogP contribution >= 0.6 is 0 Å². The number of anilines is 1. The van der Waals surface area contributed by atoms with Gasteiger partial charge >= 0.3 is 0 Å². The number of rotatable bonds is 4. The van der Waals surface area contributed by atoms with Gasteiger partial charge in [0.25, 0.3) is 5.91 Å². The largest absolute Gasteiger partial charge is 0.436 e. The molecule has 0 aliphatic rings. The number of nitrogens with zero attached hydrogens (tertiary/aromatic N) is 1. The molecular weight excluding hydrogens is 384 g/mol. The molecule has 0 saturated carbocycles. The van der Waals surface area contributed by atoms with Gasteiger partial charge in [-0.15, -0.1) is 0 Å². The van der Waals surface area contributed by atoms with E-state index in [1.54, 1.807) is 0 Å². The van der Waals surface area contributed by atoms with Crippen LogP contribution in [0.25, 0.3) is 22.6 Å². The number of amides is 1. The lowest BCUT2D eigenvalue weighted by Gasteiger charge is -2.19. The standard InChI is InChI=1S/C27H28N2O2/c1-17(2)19-11-14-24-23(16-19)29-26(31-24)20-7-6-8-22(15-20)28-25(30)18-9-12-21(13-10-18)27(3,4)5/h6-17H,1-5H3,(H,28,30). The number of oxazole rings is 1.